The van der Waals surface area contributed by atoms with E-state index in [1.165, 1.54) is 71.4 Å². The Bertz CT molecular complexity index is 1860. The van der Waals surface area contributed by atoms with Gasteiger partial charge in [0.25, 0.3) is 0 Å². The molecule has 1 heterocycles. The maximum atomic E-state index is 2.47. The highest BCUT2D eigenvalue weighted by Gasteiger charge is 2.51. The summed E-state index contributed by atoms with van der Waals surface area (Å²) in [6.07, 6.45) is 0. The van der Waals surface area contributed by atoms with E-state index in [4.69, 9.17) is 0 Å². The minimum absolute atomic E-state index is 0.335. The molecule has 9 rings (SSSR count). The third kappa shape index (κ3) is 2.67. The standard InChI is InChI=1S/C37H23NS/c1-4-14-29-25(11-1)26-12-2-5-15-30(26)37(29)31-16-6-3-13-27(31)28-22-21-24(23-32(28)37)38-33-17-7-9-19-35(33)39-36-20-10-8-18-34(36)38/h1-23H. The molecule has 0 saturated heterocycles. The van der Waals surface area contributed by atoms with Gasteiger partial charge in [-0.1, -0.05) is 115 Å². The Morgan fingerprint density at radius 3 is 1.38 bits per heavy atom. The molecule has 6 aromatic rings. The van der Waals surface area contributed by atoms with Crippen LogP contribution < -0.4 is 4.90 Å². The number of benzene rings is 6. The highest BCUT2D eigenvalue weighted by molar-refractivity contribution is 7.99. The van der Waals surface area contributed by atoms with Crippen LogP contribution in [0.2, 0.25) is 0 Å². The number of anilines is 3. The molecule has 1 aliphatic heterocycles. The van der Waals surface area contributed by atoms with Gasteiger partial charge in [0.15, 0.2) is 0 Å². The molecule has 2 aliphatic carbocycles. The Labute approximate surface area is 232 Å². The third-order valence-corrected chi connectivity index (χ3v) is 9.80. The maximum absolute atomic E-state index is 2.47. The minimum Gasteiger partial charge on any atom is -0.308 e. The molecule has 2 heteroatoms. The summed E-state index contributed by atoms with van der Waals surface area (Å²) in [4.78, 5) is 5.02. The zero-order chi connectivity index (χ0) is 25.6. The van der Waals surface area contributed by atoms with Crippen LogP contribution >= 0.6 is 11.8 Å². The van der Waals surface area contributed by atoms with E-state index in [1.54, 1.807) is 0 Å². The summed E-state index contributed by atoms with van der Waals surface area (Å²) >= 11 is 1.85. The number of rotatable bonds is 1. The van der Waals surface area contributed by atoms with Gasteiger partial charge in [-0.2, -0.15) is 0 Å². The molecule has 39 heavy (non-hydrogen) atoms. The summed E-state index contributed by atoms with van der Waals surface area (Å²) in [6, 6.07) is 51.7. The van der Waals surface area contributed by atoms with Crippen molar-refractivity contribution in [3.05, 3.63) is 162 Å². The van der Waals surface area contributed by atoms with E-state index in [1.807, 2.05) is 11.8 Å². The third-order valence-electron chi connectivity index (χ3n) is 8.67. The quantitative estimate of drug-likeness (QED) is 0.215. The lowest BCUT2D eigenvalue weighted by atomic mass is 9.70. The average molecular weight is 514 g/mol. The van der Waals surface area contributed by atoms with Gasteiger partial charge in [0.2, 0.25) is 0 Å². The molecule has 3 aliphatic rings. The Hall–Kier alpha value is -4.53. The number of nitrogens with zero attached hydrogens (tertiary/aromatic N) is 1. The molecule has 0 bridgehead atoms. The molecular weight excluding hydrogens is 490 g/mol. The second-order valence-electron chi connectivity index (χ2n) is 10.5. The molecule has 0 radical (unpaired) electrons. The first-order chi connectivity index (χ1) is 19.4. The zero-order valence-electron chi connectivity index (χ0n) is 21.1. The van der Waals surface area contributed by atoms with Crippen LogP contribution in [0.15, 0.2) is 149 Å². The predicted octanol–water partition coefficient (Wildman–Crippen LogP) is 9.96. The molecule has 0 amide bonds. The Kier molecular flexibility index (Phi) is 4.26. The van der Waals surface area contributed by atoms with Crippen LogP contribution in [0.3, 0.4) is 0 Å². The maximum Gasteiger partial charge on any atom is 0.0726 e. The summed E-state index contributed by atoms with van der Waals surface area (Å²) in [5.74, 6) is 0. The lowest BCUT2D eigenvalue weighted by Crippen LogP contribution is -2.26. The Morgan fingerprint density at radius 1 is 0.410 bits per heavy atom. The Morgan fingerprint density at radius 2 is 0.846 bits per heavy atom. The molecule has 0 unspecified atom stereocenters. The van der Waals surface area contributed by atoms with Crippen molar-refractivity contribution in [1.29, 1.82) is 0 Å². The predicted molar refractivity (Wildman–Crippen MR) is 162 cm³/mol. The largest absolute Gasteiger partial charge is 0.308 e. The fourth-order valence-electron chi connectivity index (χ4n) is 7.20. The molecule has 1 nitrogen and oxygen atoms in total. The summed E-state index contributed by atoms with van der Waals surface area (Å²) in [6.45, 7) is 0. The van der Waals surface area contributed by atoms with E-state index in [0.717, 1.165) is 0 Å². The van der Waals surface area contributed by atoms with Crippen LogP contribution in [0.25, 0.3) is 22.3 Å². The normalized spacial score (nSPS) is 14.7. The van der Waals surface area contributed by atoms with Crippen LogP contribution in [0, 0.1) is 0 Å². The molecule has 0 N–H and O–H groups in total. The van der Waals surface area contributed by atoms with Gasteiger partial charge in [-0.05, 0) is 80.9 Å². The SMILES string of the molecule is c1ccc2c(c1)Sc1ccccc1N2c1ccc2c(c1)C1(c3ccccc3-c3ccccc31)c1ccccc1-2. The van der Waals surface area contributed by atoms with Crippen LogP contribution in [0.4, 0.5) is 17.1 Å². The van der Waals surface area contributed by atoms with E-state index < -0.39 is 0 Å². The molecule has 0 saturated carbocycles. The lowest BCUT2D eigenvalue weighted by molar-refractivity contribution is 0.793. The van der Waals surface area contributed by atoms with E-state index in [-0.39, 0.29) is 5.41 Å². The summed E-state index contributed by atoms with van der Waals surface area (Å²) in [5, 5.41) is 0. The van der Waals surface area contributed by atoms with Gasteiger partial charge < -0.3 is 4.90 Å². The Balaban J connectivity index is 1.37. The fourth-order valence-corrected chi connectivity index (χ4v) is 8.26. The van der Waals surface area contributed by atoms with Gasteiger partial charge in [0.05, 0.1) is 16.8 Å². The van der Waals surface area contributed by atoms with Crippen molar-refractivity contribution in [3.63, 3.8) is 0 Å². The first kappa shape index (κ1) is 21.4. The lowest BCUT2D eigenvalue weighted by Gasteiger charge is -2.35. The summed E-state index contributed by atoms with van der Waals surface area (Å²) in [7, 11) is 0. The van der Waals surface area contributed by atoms with Gasteiger partial charge in [0, 0.05) is 15.5 Å². The monoisotopic (exact) mass is 513 g/mol. The molecule has 1 spiro atoms. The van der Waals surface area contributed by atoms with E-state index in [2.05, 4.69) is 144 Å². The molecule has 0 aromatic heterocycles. The van der Waals surface area contributed by atoms with Crippen molar-refractivity contribution in [2.75, 3.05) is 4.90 Å². The highest BCUT2D eigenvalue weighted by Crippen LogP contribution is 2.63. The molecular formula is C37H23NS. The second-order valence-corrected chi connectivity index (χ2v) is 11.6. The highest BCUT2D eigenvalue weighted by atomic mass is 32.2. The number of hydrogen-bond donors (Lipinski definition) is 0. The van der Waals surface area contributed by atoms with Crippen molar-refractivity contribution in [3.8, 4) is 22.3 Å². The van der Waals surface area contributed by atoms with Gasteiger partial charge in [-0.25, -0.2) is 0 Å². The van der Waals surface area contributed by atoms with Crippen molar-refractivity contribution < 1.29 is 0 Å². The van der Waals surface area contributed by atoms with Crippen LogP contribution in [0.5, 0.6) is 0 Å². The minimum atomic E-state index is -0.335. The summed E-state index contributed by atoms with van der Waals surface area (Å²) in [5.41, 5.74) is 14.2. The van der Waals surface area contributed by atoms with Crippen LogP contribution in [-0.2, 0) is 5.41 Å². The van der Waals surface area contributed by atoms with Gasteiger partial charge in [-0.3, -0.25) is 0 Å². The van der Waals surface area contributed by atoms with Gasteiger partial charge in [-0.15, -0.1) is 0 Å². The smallest absolute Gasteiger partial charge is 0.0726 e. The molecule has 6 aromatic carbocycles. The first-order valence-electron chi connectivity index (χ1n) is 13.5. The molecule has 182 valence electrons. The van der Waals surface area contributed by atoms with Crippen molar-refractivity contribution in [2.45, 2.75) is 15.2 Å². The topological polar surface area (TPSA) is 3.24 Å². The number of fused-ring (bicyclic) bond motifs is 12. The van der Waals surface area contributed by atoms with Crippen molar-refractivity contribution in [2.24, 2.45) is 0 Å². The summed E-state index contributed by atoms with van der Waals surface area (Å²) < 4.78 is 0. The second kappa shape index (κ2) is 7.75. The van der Waals surface area contributed by atoms with E-state index >= 15 is 0 Å². The van der Waals surface area contributed by atoms with Gasteiger partial charge in [0.1, 0.15) is 0 Å². The van der Waals surface area contributed by atoms with E-state index in [9.17, 15) is 0 Å². The zero-order valence-corrected chi connectivity index (χ0v) is 22.0. The molecule has 0 atom stereocenters. The van der Waals surface area contributed by atoms with Gasteiger partial charge >= 0.3 is 0 Å². The van der Waals surface area contributed by atoms with Crippen molar-refractivity contribution in [1.82, 2.24) is 0 Å². The first-order valence-corrected chi connectivity index (χ1v) is 14.3. The van der Waals surface area contributed by atoms with Crippen LogP contribution in [-0.4, -0.2) is 0 Å². The van der Waals surface area contributed by atoms with E-state index in [0.29, 0.717) is 0 Å². The van der Waals surface area contributed by atoms with Crippen molar-refractivity contribution >= 4 is 28.8 Å². The van der Waals surface area contributed by atoms with Crippen LogP contribution in [0.1, 0.15) is 22.3 Å². The number of para-hydroxylation sites is 2. The fraction of sp³-hybridized carbons (Fsp3) is 0.0270. The number of hydrogen-bond acceptors (Lipinski definition) is 2. The average Bonchev–Trinajstić information content (AvgIpc) is 3.47. The molecule has 0 fully saturated rings.